The Morgan fingerprint density at radius 2 is 1.20 bits per heavy atom. The summed E-state index contributed by atoms with van der Waals surface area (Å²) in [4.78, 5) is 70.2. The van der Waals surface area contributed by atoms with Crippen LogP contribution in [0.1, 0.15) is 143 Å². The van der Waals surface area contributed by atoms with Crippen molar-refractivity contribution in [1.29, 1.82) is 0 Å². The predicted octanol–water partition coefficient (Wildman–Crippen LogP) is -2.32. The van der Waals surface area contributed by atoms with Crippen LogP contribution in [0.3, 0.4) is 0 Å². The van der Waals surface area contributed by atoms with E-state index >= 15 is 4.79 Å². The number of fused-ring (bicyclic) bond motifs is 5. The second-order valence-electron chi connectivity index (χ2n) is 35.0. The number of rotatable bonds is 26. The number of aliphatic carboxylic acids is 1. The lowest BCUT2D eigenvalue weighted by molar-refractivity contribution is -0.391. The Morgan fingerprint density at radius 1 is 0.617 bits per heavy atom. The minimum absolute atomic E-state index is 0.00495. The molecule has 1 aromatic rings. The fourth-order valence-electron chi connectivity index (χ4n) is 19.6. The average Bonchev–Trinajstić information content (AvgIpc) is 0.673. The quantitative estimate of drug-likeness (QED) is 0.00881. The van der Waals surface area contributed by atoms with Gasteiger partial charge < -0.3 is 159 Å². The summed E-state index contributed by atoms with van der Waals surface area (Å²) in [7, 11) is 0. The number of halogens is 2. The average molecular weight is 1870 g/mol. The maximum atomic E-state index is 16.2. The van der Waals surface area contributed by atoms with Gasteiger partial charge in [-0.15, -0.1) is 0 Å². The molecule has 38 atom stereocenters. The van der Waals surface area contributed by atoms with Crippen LogP contribution in [-0.4, -0.2) is 338 Å². The van der Waals surface area contributed by atoms with Gasteiger partial charge in [0, 0.05) is 22.1 Å². The second kappa shape index (κ2) is 37.1. The number of esters is 1. The van der Waals surface area contributed by atoms with Gasteiger partial charge in [-0.3, -0.25) is 14.4 Å². The Kier molecular flexibility index (Phi) is 29.9. The van der Waals surface area contributed by atoms with Gasteiger partial charge in [-0.2, -0.15) is 0 Å². The van der Waals surface area contributed by atoms with Gasteiger partial charge >= 0.3 is 11.9 Å². The van der Waals surface area contributed by atoms with Crippen molar-refractivity contribution in [3.63, 3.8) is 0 Å². The van der Waals surface area contributed by atoms with Crippen molar-refractivity contribution >= 4 is 75.2 Å². The Bertz CT molecular complexity index is 3530. The zero-order valence-electron chi connectivity index (χ0n) is 65.3. The molecule has 2 amide bonds. The molecule has 6 heterocycles. The van der Waals surface area contributed by atoms with Crippen molar-refractivity contribution < 1.29 is 168 Å². The van der Waals surface area contributed by atoms with E-state index in [1.54, 1.807) is 19.1 Å². The molecular formula is C77H116I2N2O34. The first-order valence-electron chi connectivity index (χ1n) is 39.5. The number of amides is 2. The number of ether oxygens (including phenoxy) is 12. The number of alkyl halides is 1. The molecule has 1 aromatic carbocycles. The number of allylic oxidation sites excluding steroid dienone is 2. The maximum Gasteiger partial charge on any atom is 0.335 e. The lowest BCUT2D eigenvalue weighted by atomic mass is 9.35. The van der Waals surface area contributed by atoms with Crippen LogP contribution in [0.15, 0.2) is 35.9 Å². The second-order valence-corrected chi connectivity index (χ2v) is 37.4. The summed E-state index contributed by atoms with van der Waals surface area (Å²) in [5.41, 5.74) is -4.90. The highest BCUT2D eigenvalue weighted by Crippen LogP contribution is 2.75. The predicted molar refractivity (Wildman–Crippen MR) is 408 cm³/mol. The number of unbranched alkanes of at least 4 members (excludes halogenated alkanes) is 2. The molecule has 4 aliphatic carbocycles. The molecular weight excluding hydrogens is 1750 g/mol. The number of carbonyl (C=O) groups is 5. The van der Waals surface area contributed by atoms with Gasteiger partial charge in [-0.25, -0.2) is 4.79 Å². The summed E-state index contributed by atoms with van der Waals surface area (Å²) in [5, 5.41) is 195. The van der Waals surface area contributed by atoms with E-state index in [0.717, 1.165) is 15.4 Å². The first kappa shape index (κ1) is 92.6. The fourth-order valence-corrected chi connectivity index (χ4v) is 21.8. The molecule has 0 radical (unpaired) electrons. The van der Waals surface area contributed by atoms with Crippen LogP contribution in [0.5, 0.6) is 0 Å². The number of benzene rings is 1. The molecule has 0 spiro atoms. The number of carboxylic acids is 1. The van der Waals surface area contributed by atoms with Crippen LogP contribution < -0.4 is 10.6 Å². The van der Waals surface area contributed by atoms with Crippen molar-refractivity contribution in [3.05, 3.63) is 45.0 Å². The molecule has 19 N–H and O–H groups in total. The van der Waals surface area contributed by atoms with Crippen molar-refractivity contribution in [2.75, 3.05) is 33.0 Å². The third kappa shape index (κ3) is 18.2. The van der Waals surface area contributed by atoms with Crippen molar-refractivity contribution in [1.82, 2.24) is 10.6 Å². The zero-order chi connectivity index (χ0) is 84.3. The number of aliphatic hydroxyl groups excluding tert-OH is 16. The number of hydrogen-bond donors (Lipinski definition) is 19. The molecule has 36 nitrogen and oxygen atoms in total. The lowest BCUT2D eigenvalue weighted by Crippen LogP contribution is -2.70. The van der Waals surface area contributed by atoms with E-state index in [4.69, 9.17) is 56.8 Å². The van der Waals surface area contributed by atoms with E-state index in [1.807, 2.05) is 32.9 Å². The lowest BCUT2D eigenvalue weighted by Gasteiger charge is -2.70. The van der Waals surface area contributed by atoms with Crippen LogP contribution in [0.4, 0.5) is 0 Å². The summed E-state index contributed by atoms with van der Waals surface area (Å²) in [6, 6.07) is 5.53. The molecule has 23 unspecified atom stereocenters. The summed E-state index contributed by atoms with van der Waals surface area (Å²) in [6.07, 6.45) is -46.8. The van der Waals surface area contributed by atoms with E-state index in [9.17, 15) is 106 Å². The minimum atomic E-state index is -2.24. The van der Waals surface area contributed by atoms with Gasteiger partial charge in [0.15, 0.2) is 43.7 Å². The highest BCUT2D eigenvalue weighted by Gasteiger charge is 2.72. The molecule has 652 valence electrons. The molecule has 6 aliphatic heterocycles. The highest BCUT2D eigenvalue weighted by atomic mass is 127. The van der Waals surface area contributed by atoms with E-state index in [2.05, 4.69) is 82.7 Å². The van der Waals surface area contributed by atoms with Gasteiger partial charge in [0.2, 0.25) is 12.2 Å². The van der Waals surface area contributed by atoms with Crippen LogP contribution >= 0.6 is 45.2 Å². The Balaban J connectivity index is 0.858. The monoisotopic (exact) mass is 1870 g/mol. The SMILES string of the molecule is CC1O[C@@H](OC2C(O)[C@@H](NC(=O)CCCCCNC(=O)c3ccc(I)cc3)C(CO)O[C@H]2OC(=O)[C@@]2(CCC(C)(C)C)C(O)CC3(C)C(=CCC4C5(C)CC[C@H](O[C@@H]6O[C@H](C(=O)O)[C@@H](O)C(O[C@@H]7OC[C@@H](O)C(O)C7O)C6O[C@@H]6OC(CO)[C@H](O)C(O)C6O)C(C)(C=O)C5CCC43C)C2I)C(O)C(O)[C@H]1O[C@@H]1OC[C@@H](O)C(O)C1O. The Hall–Kier alpha value is -3.11. The number of hydrogen-bond acceptors (Lipinski definition) is 33. The zero-order valence-corrected chi connectivity index (χ0v) is 69.7. The number of aldehydes is 1. The summed E-state index contributed by atoms with van der Waals surface area (Å²) in [5.74, 6) is -4.43. The van der Waals surface area contributed by atoms with Gasteiger partial charge in [0.25, 0.3) is 5.91 Å². The van der Waals surface area contributed by atoms with Crippen LogP contribution in [0.25, 0.3) is 0 Å². The van der Waals surface area contributed by atoms with E-state index < -0.39 is 271 Å². The third-order valence-electron chi connectivity index (χ3n) is 26.7. The number of aliphatic hydroxyl groups is 16. The highest BCUT2D eigenvalue weighted by molar-refractivity contribution is 14.1. The van der Waals surface area contributed by atoms with Crippen LogP contribution in [0.2, 0.25) is 0 Å². The molecule has 0 aromatic heterocycles. The molecule has 11 rings (SSSR count). The Labute approximate surface area is 692 Å². The van der Waals surface area contributed by atoms with Gasteiger partial charge in [-0.05, 0) is 151 Å². The summed E-state index contributed by atoms with van der Waals surface area (Å²) in [6.45, 7) is 12.7. The molecule has 9 fully saturated rings. The standard InChI is InChI=1S/C77H116I2N2O34/c1-32-57(110-65-52(95)46(89)36(85)29-104-65)51(94)55(98)67(106-32)113-60-49(92)45(81-44(88)12-10-9-11-25-80-63(100)33-13-15-34(78)16-14-33)38(27-82)107-69(60)115-71(103)77(24-23-72(2,3)4)42(87)26-76(8)35(62(77)79)17-18-41-73(5)21-20-43(74(6,31-84)40(73)19-22-75(41,76)7)109-70-61(114-68-54(97)50(93)48(91)39(28-83)108-68)58(56(99)59(112-70)64(101)102)111-66-53(96)47(90)37(86)30-105-66/h13-17,31-32,36-43,45-62,65-70,82-83,85-87,89-99H,9-12,18-30H2,1-8H3,(H,80,100)(H,81,88)(H,101,102)/t32?,36-,37-,38?,39?,40?,41?,42?,43+,45+,46?,47?,48+,49?,50?,51?,52?,53?,54?,55?,56+,57+,58?,59+,60?,61?,62?,65+,66+,67+,68+,69+,70-,73?,74?,75?,76?,77+/m1/s1. The summed E-state index contributed by atoms with van der Waals surface area (Å²) >= 11 is 4.33. The van der Waals surface area contributed by atoms with E-state index in [0.29, 0.717) is 63.5 Å². The minimum Gasteiger partial charge on any atom is -0.479 e. The van der Waals surface area contributed by atoms with Gasteiger partial charge in [0.05, 0.1) is 60.1 Å². The molecule has 6 saturated heterocycles. The van der Waals surface area contributed by atoms with Crippen molar-refractivity contribution in [3.8, 4) is 0 Å². The van der Waals surface area contributed by atoms with E-state index in [1.165, 1.54) is 6.92 Å². The number of carbonyl (C=O) groups excluding carboxylic acids is 4. The topological polar surface area (TPSA) is 564 Å². The largest absolute Gasteiger partial charge is 0.479 e. The number of carboxylic acid groups (broad SMARTS) is 1. The molecule has 0 bridgehead atoms. The van der Waals surface area contributed by atoms with Crippen molar-refractivity contribution in [2.45, 2.75) is 321 Å². The van der Waals surface area contributed by atoms with E-state index in [-0.39, 0.29) is 37.5 Å². The molecule has 115 heavy (non-hydrogen) atoms. The fraction of sp³-hybridized carbons (Fsp3) is 0.831. The summed E-state index contributed by atoms with van der Waals surface area (Å²) < 4.78 is 73.2. The first-order valence-corrected chi connectivity index (χ1v) is 41.8. The Morgan fingerprint density at radius 3 is 1.81 bits per heavy atom. The third-order valence-corrected chi connectivity index (χ3v) is 29.2. The maximum absolute atomic E-state index is 16.2. The smallest absolute Gasteiger partial charge is 0.335 e. The van der Waals surface area contributed by atoms with Crippen LogP contribution in [0, 0.1) is 47.9 Å². The normalized spacial score (nSPS) is 46.9. The van der Waals surface area contributed by atoms with Crippen LogP contribution in [-0.2, 0) is 76.0 Å². The molecule has 10 aliphatic rings. The number of nitrogens with one attached hydrogen (secondary N) is 2. The van der Waals surface area contributed by atoms with Gasteiger partial charge in [-0.1, -0.05) is 89.1 Å². The molecule has 3 saturated carbocycles. The molecule has 38 heteroatoms. The van der Waals surface area contributed by atoms with Gasteiger partial charge in [0.1, 0.15) is 122 Å². The van der Waals surface area contributed by atoms with Crippen molar-refractivity contribution in [2.24, 2.45) is 44.3 Å². The first-order chi connectivity index (χ1) is 54.0.